The largest absolute Gasteiger partial charge is 0.508 e. The number of likely N-dealkylation sites (tertiary alicyclic amines) is 2. The number of carbonyl (C=O) groups excluding carboxylic acids is 4. The number of nitrogens with zero attached hydrogens (tertiary/aromatic N) is 2. The van der Waals surface area contributed by atoms with Crippen molar-refractivity contribution in [2.75, 3.05) is 7.05 Å². The van der Waals surface area contributed by atoms with E-state index in [0.717, 1.165) is 4.90 Å². The smallest absolute Gasteiger partial charge is 0.253 e. The fourth-order valence-electron chi connectivity index (χ4n) is 6.51. The molecule has 10 heteroatoms. The summed E-state index contributed by atoms with van der Waals surface area (Å²) >= 11 is 20.4. The first-order chi connectivity index (χ1) is 16.2. The van der Waals surface area contributed by atoms with Crippen LogP contribution in [0.25, 0.3) is 0 Å². The highest BCUT2D eigenvalue weighted by molar-refractivity contribution is 6.53. The summed E-state index contributed by atoms with van der Waals surface area (Å²) in [6, 6.07) is 4.38. The van der Waals surface area contributed by atoms with E-state index in [1.807, 2.05) is 6.08 Å². The summed E-state index contributed by atoms with van der Waals surface area (Å²) in [5.41, 5.74) is 0.135. The van der Waals surface area contributed by atoms with E-state index >= 15 is 0 Å². The molecular weight excluding hydrogens is 515 g/mol. The number of benzene rings is 1. The molecule has 1 aromatic carbocycles. The van der Waals surface area contributed by atoms with Gasteiger partial charge in [-0.1, -0.05) is 23.3 Å². The number of halogens is 3. The molecule has 3 fully saturated rings. The number of rotatable bonds is 1. The molecule has 4 amide bonds. The van der Waals surface area contributed by atoms with Gasteiger partial charge in [0.15, 0.2) is 9.75 Å². The molecule has 1 saturated carbocycles. The molecule has 5 rings (SSSR count). The Bertz CT molecular complexity index is 1240. The van der Waals surface area contributed by atoms with Crippen LogP contribution in [-0.2, 0) is 19.2 Å². The van der Waals surface area contributed by atoms with E-state index in [1.165, 1.54) is 30.1 Å². The number of amides is 4. The number of hydrogen-bond acceptors (Lipinski definition) is 5. The highest BCUT2D eigenvalue weighted by atomic mass is 35.5. The fourth-order valence-corrected chi connectivity index (χ4v) is 7.70. The Morgan fingerprint density at radius 1 is 1.03 bits per heavy atom. The Hall–Kier alpha value is -2.09. The molecule has 4 aliphatic rings. The van der Waals surface area contributed by atoms with Crippen LogP contribution in [0.2, 0.25) is 5.02 Å². The molecule has 1 aromatic rings. The topological polar surface area (TPSA) is 95.0 Å². The zero-order valence-corrected chi connectivity index (χ0v) is 21.9. The van der Waals surface area contributed by atoms with Gasteiger partial charge in [0.25, 0.3) is 11.8 Å². The third-order valence-electron chi connectivity index (χ3n) is 7.99. The van der Waals surface area contributed by atoms with Gasteiger partial charge in [-0.05, 0) is 57.7 Å². The predicted molar refractivity (Wildman–Crippen MR) is 130 cm³/mol. The van der Waals surface area contributed by atoms with Crippen LogP contribution in [0, 0.1) is 17.8 Å². The van der Waals surface area contributed by atoms with E-state index in [-0.39, 0.29) is 36.0 Å². The average Bonchev–Trinajstić information content (AvgIpc) is 3.11. The molecule has 0 radical (unpaired) electrons. The highest BCUT2D eigenvalue weighted by Gasteiger charge is 2.76. The van der Waals surface area contributed by atoms with Crippen molar-refractivity contribution in [2.45, 2.75) is 54.8 Å². The summed E-state index contributed by atoms with van der Waals surface area (Å²) in [4.78, 5) is 52.2. The summed E-state index contributed by atoms with van der Waals surface area (Å²) in [6.07, 6.45) is 2.01. The van der Waals surface area contributed by atoms with Gasteiger partial charge in [-0.2, -0.15) is 0 Å². The fraction of sp³-hybridized carbons (Fsp3) is 0.520. The standard InChI is InChI=1S/C25H25Cl3N2O5/c1-23(2,3)30-19(32)13-7-6-12-15(17(13)20(30)33)10-24(27)21(34)29(4)22(35)25(24,28)18(12)14-9-11(26)5-8-16(14)31/h5-6,8-9,13,15,17-18,31H,7,10H2,1-4H3. The van der Waals surface area contributed by atoms with Gasteiger partial charge >= 0.3 is 0 Å². The molecule has 0 aromatic heterocycles. The number of imide groups is 2. The van der Waals surface area contributed by atoms with Gasteiger partial charge in [-0.25, -0.2) is 0 Å². The lowest BCUT2D eigenvalue weighted by atomic mass is 9.56. The molecule has 0 spiro atoms. The minimum atomic E-state index is -1.95. The van der Waals surface area contributed by atoms with Crippen molar-refractivity contribution in [3.05, 3.63) is 40.4 Å². The maximum absolute atomic E-state index is 13.7. The van der Waals surface area contributed by atoms with Gasteiger partial charge in [0.2, 0.25) is 11.8 Å². The van der Waals surface area contributed by atoms with Crippen LogP contribution in [-0.4, -0.2) is 60.9 Å². The first kappa shape index (κ1) is 24.6. The molecule has 2 aliphatic heterocycles. The summed E-state index contributed by atoms with van der Waals surface area (Å²) in [5, 5.41) is 11.1. The molecule has 6 atom stereocenters. The summed E-state index contributed by atoms with van der Waals surface area (Å²) < 4.78 is 0. The molecule has 0 bridgehead atoms. The number of aromatic hydroxyl groups is 1. The van der Waals surface area contributed by atoms with Crippen molar-refractivity contribution in [1.29, 1.82) is 0 Å². The number of hydrogen-bond donors (Lipinski definition) is 1. The first-order valence-electron chi connectivity index (χ1n) is 11.4. The van der Waals surface area contributed by atoms with E-state index in [0.29, 0.717) is 10.6 Å². The molecular formula is C25H25Cl3N2O5. The molecule has 2 aliphatic carbocycles. The molecule has 35 heavy (non-hydrogen) atoms. The number of alkyl halides is 2. The number of fused-ring (bicyclic) bond motifs is 4. The first-order valence-corrected chi connectivity index (χ1v) is 12.6. The number of allylic oxidation sites excluding steroid dienone is 2. The lowest BCUT2D eigenvalue weighted by molar-refractivity contribution is -0.146. The van der Waals surface area contributed by atoms with Crippen LogP contribution in [0.1, 0.15) is 45.1 Å². The quantitative estimate of drug-likeness (QED) is 0.332. The van der Waals surface area contributed by atoms with Crippen molar-refractivity contribution in [3.8, 4) is 5.75 Å². The van der Waals surface area contributed by atoms with Crippen LogP contribution in [0.4, 0.5) is 0 Å². The summed E-state index contributed by atoms with van der Waals surface area (Å²) in [7, 11) is 1.32. The summed E-state index contributed by atoms with van der Waals surface area (Å²) in [6.45, 7) is 5.38. The van der Waals surface area contributed by atoms with Crippen molar-refractivity contribution < 1.29 is 24.3 Å². The second kappa shape index (κ2) is 7.46. The SMILES string of the molecule is CN1C(=O)C2(Cl)CC3C(=CCC4C(=O)N(C(C)(C)C)C(=O)C43)C(c3cc(Cl)ccc3O)C2(Cl)C1=O. The van der Waals surface area contributed by atoms with Crippen molar-refractivity contribution in [3.63, 3.8) is 0 Å². The number of carbonyl (C=O) groups is 4. The van der Waals surface area contributed by atoms with Gasteiger partial charge in [0.1, 0.15) is 5.75 Å². The second-order valence-electron chi connectivity index (χ2n) is 10.9. The Morgan fingerprint density at radius 2 is 1.69 bits per heavy atom. The molecule has 1 N–H and O–H groups in total. The highest BCUT2D eigenvalue weighted by Crippen LogP contribution is 2.66. The Balaban J connectivity index is 1.75. The van der Waals surface area contributed by atoms with Crippen LogP contribution in [0.5, 0.6) is 5.75 Å². The minimum absolute atomic E-state index is 0.0885. The van der Waals surface area contributed by atoms with Crippen molar-refractivity contribution in [1.82, 2.24) is 9.80 Å². The zero-order chi connectivity index (χ0) is 25.8. The van der Waals surface area contributed by atoms with Gasteiger partial charge < -0.3 is 5.11 Å². The molecule has 6 unspecified atom stereocenters. The number of phenols is 1. The van der Waals surface area contributed by atoms with E-state index < -0.39 is 50.8 Å². The van der Waals surface area contributed by atoms with Crippen LogP contribution in [0.3, 0.4) is 0 Å². The van der Waals surface area contributed by atoms with E-state index in [1.54, 1.807) is 20.8 Å². The Morgan fingerprint density at radius 3 is 2.31 bits per heavy atom. The van der Waals surface area contributed by atoms with Gasteiger partial charge in [-0.3, -0.25) is 29.0 Å². The third-order valence-corrected chi connectivity index (χ3v) is 9.63. The lowest BCUT2D eigenvalue weighted by Crippen LogP contribution is -2.60. The average molecular weight is 540 g/mol. The van der Waals surface area contributed by atoms with Crippen LogP contribution < -0.4 is 0 Å². The Labute approximate surface area is 218 Å². The second-order valence-corrected chi connectivity index (χ2v) is 12.6. The minimum Gasteiger partial charge on any atom is -0.508 e. The lowest BCUT2D eigenvalue weighted by Gasteiger charge is -2.50. The van der Waals surface area contributed by atoms with E-state index in [4.69, 9.17) is 34.8 Å². The van der Waals surface area contributed by atoms with Crippen molar-refractivity contribution in [2.24, 2.45) is 17.8 Å². The zero-order valence-electron chi connectivity index (χ0n) is 19.6. The summed E-state index contributed by atoms with van der Waals surface area (Å²) in [5.74, 6) is -5.13. The normalized spacial score (nSPS) is 36.8. The maximum atomic E-state index is 13.7. The monoisotopic (exact) mass is 538 g/mol. The van der Waals surface area contributed by atoms with Gasteiger partial charge in [-0.15, -0.1) is 23.2 Å². The van der Waals surface area contributed by atoms with Crippen LogP contribution >= 0.6 is 34.8 Å². The maximum Gasteiger partial charge on any atom is 0.253 e. The molecule has 186 valence electrons. The third kappa shape index (κ3) is 2.98. The van der Waals surface area contributed by atoms with Gasteiger partial charge in [0.05, 0.1) is 11.8 Å². The van der Waals surface area contributed by atoms with E-state index in [9.17, 15) is 24.3 Å². The molecule has 2 heterocycles. The molecule has 7 nitrogen and oxygen atoms in total. The number of phenolic OH excluding ortho intramolecular Hbond substituents is 1. The molecule has 2 saturated heterocycles. The predicted octanol–water partition coefficient (Wildman–Crippen LogP) is 3.83. The van der Waals surface area contributed by atoms with E-state index in [2.05, 4.69) is 0 Å². The Kier molecular flexibility index (Phi) is 5.25. The van der Waals surface area contributed by atoms with Crippen LogP contribution in [0.15, 0.2) is 29.8 Å². The van der Waals surface area contributed by atoms with Gasteiger partial charge in [0, 0.05) is 29.1 Å². The van der Waals surface area contributed by atoms with Crippen molar-refractivity contribution >= 4 is 58.4 Å².